The summed E-state index contributed by atoms with van der Waals surface area (Å²) in [6.07, 6.45) is 3.34. The van der Waals surface area contributed by atoms with Gasteiger partial charge in [0.15, 0.2) is 0 Å². The van der Waals surface area contributed by atoms with E-state index >= 15 is 0 Å². The van der Waals surface area contributed by atoms with Gasteiger partial charge in [-0.05, 0) is 41.4 Å². The van der Waals surface area contributed by atoms with Crippen LogP contribution in [-0.4, -0.2) is 65.0 Å². The lowest BCUT2D eigenvalue weighted by Crippen LogP contribution is -2.50. The summed E-state index contributed by atoms with van der Waals surface area (Å²) in [4.78, 5) is 28.4. The molecule has 0 unspecified atom stereocenters. The zero-order valence-corrected chi connectivity index (χ0v) is 16.7. The average Bonchev–Trinajstić information content (AvgIpc) is 2.73. The number of carbonyl (C=O) groups is 2. The Morgan fingerprint density at radius 2 is 1.46 bits per heavy atom. The minimum atomic E-state index is -1.55. The zero-order chi connectivity index (χ0) is 20.1. The average molecular weight is 443 g/mol. The fourth-order valence-electron chi connectivity index (χ4n) is 2.96. The number of hydrogen-bond donors (Lipinski definition) is 2. The first kappa shape index (κ1) is 20.3. The highest BCUT2D eigenvalue weighted by Gasteiger charge is 2.24. The third-order valence-electron chi connectivity index (χ3n) is 4.62. The van der Waals surface area contributed by atoms with Crippen LogP contribution >= 0.6 is 15.9 Å². The monoisotopic (exact) mass is 442 g/mol. The molecule has 0 atom stereocenters. The van der Waals surface area contributed by atoms with Gasteiger partial charge in [-0.25, -0.2) is 0 Å². The van der Waals surface area contributed by atoms with E-state index < -0.39 is 7.12 Å². The van der Waals surface area contributed by atoms with Crippen molar-refractivity contribution in [3.05, 3.63) is 70.2 Å². The minimum Gasteiger partial charge on any atom is -0.423 e. The lowest BCUT2D eigenvalue weighted by atomic mass is 9.80. The largest absolute Gasteiger partial charge is 0.488 e. The first-order valence-electron chi connectivity index (χ1n) is 8.92. The number of hydrogen-bond acceptors (Lipinski definition) is 4. The summed E-state index contributed by atoms with van der Waals surface area (Å²) in [5.41, 5.74) is 1.77. The van der Waals surface area contributed by atoms with Crippen LogP contribution in [0.5, 0.6) is 0 Å². The van der Waals surface area contributed by atoms with E-state index in [1.807, 2.05) is 24.3 Å². The molecule has 2 N–H and O–H groups in total. The van der Waals surface area contributed by atoms with E-state index in [0.29, 0.717) is 37.2 Å². The van der Waals surface area contributed by atoms with E-state index in [4.69, 9.17) is 10.0 Å². The molecule has 0 aliphatic carbocycles. The van der Waals surface area contributed by atoms with E-state index in [2.05, 4.69) is 15.9 Å². The summed E-state index contributed by atoms with van der Waals surface area (Å²) >= 11 is 3.38. The number of carbonyl (C=O) groups excluding carboxylic acids is 2. The molecule has 3 rings (SSSR count). The Kier molecular flexibility index (Phi) is 6.67. The van der Waals surface area contributed by atoms with Gasteiger partial charge in [0, 0.05) is 42.3 Å². The maximum absolute atomic E-state index is 12.6. The normalized spacial score (nSPS) is 14.4. The van der Waals surface area contributed by atoms with Gasteiger partial charge in [0.05, 0.1) is 0 Å². The Bertz CT molecular complexity index is 861. The zero-order valence-electron chi connectivity index (χ0n) is 15.2. The van der Waals surface area contributed by atoms with Crippen LogP contribution in [0.4, 0.5) is 0 Å². The topological polar surface area (TPSA) is 81.1 Å². The Labute approximate surface area is 172 Å². The molecule has 0 saturated carbocycles. The Balaban J connectivity index is 1.54. The third-order valence-corrected chi connectivity index (χ3v) is 5.15. The Morgan fingerprint density at radius 3 is 2.04 bits per heavy atom. The SMILES string of the molecule is O=C(C=Cc1ccc(Br)cc1)N1CCN(C(=O)c2ccc(B(O)O)cc2)CC1. The van der Waals surface area contributed by atoms with Crippen molar-refractivity contribution < 1.29 is 19.6 Å². The van der Waals surface area contributed by atoms with Gasteiger partial charge in [-0.2, -0.15) is 0 Å². The fourth-order valence-corrected chi connectivity index (χ4v) is 3.22. The number of halogens is 1. The molecular weight excluding hydrogens is 423 g/mol. The number of piperazine rings is 1. The fraction of sp³-hybridized carbons (Fsp3) is 0.200. The van der Waals surface area contributed by atoms with E-state index in [9.17, 15) is 9.59 Å². The van der Waals surface area contributed by atoms with Crippen molar-refractivity contribution in [1.82, 2.24) is 9.80 Å². The molecule has 0 aromatic heterocycles. The highest BCUT2D eigenvalue weighted by Crippen LogP contribution is 2.13. The van der Waals surface area contributed by atoms with Crippen LogP contribution in [-0.2, 0) is 4.79 Å². The summed E-state index contributed by atoms with van der Waals surface area (Å²) in [6.45, 7) is 1.87. The van der Waals surface area contributed by atoms with Gasteiger partial charge >= 0.3 is 7.12 Å². The molecule has 0 radical (unpaired) electrons. The molecule has 1 fully saturated rings. The molecule has 1 saturated heterocycles. The molecule has 2 amide bonds. The van der Waals surface area contributed by atoms with E-state index in [0.717, 1.165) is 10.0 Å². The number of nitrogens with zero attached hydrogens (tertiary/aromatic N) is 2. The lowest BCUT2D eigenvalue weighted by molar-refractivity contribution is -0.127. The highest BCUT2D eigenvalue weighted by molar-refractivity contribution is 9.10. The van der Waals surface area contributed by atoms with E-state index in [-0.39, 0.29) is 11.8 Å². The van der Waals surface area contributed by atoms with E-state index in [1.54, 1.807) is 34.1 Å². The first-order valence-corrected chi connectivity index (χ1v) is 9.71. The van der Waals surface area contributed by atoms with Crippen LogP contribution in [0, 0.1) is 0 Å². The van der Waals surface area contributed by atoms with Crippen LogP contribution < -0.4 is 5.46 Å². The van der Waals surface area contributed by atoms with Crippen LogP contribution in [0.3, 0.4) is 0 Å². The van der Waals surface area contributed by atoms with Crippen molar-refractivity contribution in [2.24, 2.45) is 0 Å². The molecule has 1 heterocycles. The van der Waals surface area contributed by atoms with Crippen LogP contribution in [0.2, 0.25) is 0 Å². The second-order valence-corrected chi connectivity index (χ2v) is 7.41. The summed E-state index contributed by atoms with van der Waals surface area (Å²) in [5, 5.41) is 18.3. The molecule has 1 aliphatic rings. The molecule has 144 valence electrons. The van der Waals surface area contributed by atoms with Gasteiger partial charge in [-0.3, -0.25) is 9.59 Å². The molecule has 2 aromatic carbocycles. The number of benzene rings is 2. The van der Waals surface area contributed by atoms with Crippen molar-refractivity contribution in [3.63, 3.8) is 0 Å². The third kappa shape index (κ3) is 5.10. The minimum absolute atomic E-state index is 0.0729. The van der Waals surface area contributed by atoms with Crippen molar-refractivity contribution in [1.29, 1.82) is 0 Å². The second-order valence-electron chi connectivity index (χ2n) is 6.50. The maximum atomic E-state index is 12.6. The molecule has 0 bridgehead atoms. The smallest absolute Gasteiger partial charge is 0.423 e. The summed E-state index contributed by atoms with van der Waals surface area (Å²) in [5.74, 6) is -0.201. The van der Waals surface area contributed by atoms with Gasteiger partial charge in [-0.1, -0.05) is 40.2 Å². The van der Waals surface area contributed by atoms with Gasteiger partial charge in [0.1, 0.15) is 0 Å². The van der Waals surface area contributed by atoms with Gasteiger partial charge in [-0.15, -0.1) is 0 Å². The van der Waals surface area contributed by atoms with Crippen molar-refractivity contribution in [2.75, 3.05) is 26.2 Å². The van der Waals surface area contributed by atoms with Crippen LogP contribution in [0.15, 0.2) is 59.1 Å². The molecule has 28 heavy (non-hydrogen) atoms. The van der Waals surface area contributed by atoms with Crippen LogP contribution in [0.1, 0.15) is 15.9 Å². The summed E-state index contributed by atoms with van der Waals surface area (Å²) < 4.78 is 0.985. The Morgan fingerprint density at radius 1 is 0.893 bits per heavy atom. The quantitative estimate of drug-likeness (QED) is 0.549. The Hall–Kier alpha value is -2.42. The van der Waals surface area contributed by atoms with Gasteiger partial charge < -0.3 is 19.8 Å². The molecule has 8 heteroatoms. The summed E-state index contributed by atoms with van der Waals surface area (Å²) in [7, 11) is -1.55. The highest BCUT2D eigenvalue weighted by atomic mass is 79.9. The predicted molar refractivity (Wildman–Crippen MR) is 112 cm³/mol. The molecule has 0 spiro atoms. The molecular formula is C20H20BBrN2O4. The number of amides is 2. The van der Waals surface area contributed by atoms with Crippen molar-refractivity contribution in [2.45, 2.75) is 0 Å². The lowest BCUT2D eigenvalue weighted by Gasteiger charge is -2.34. The van der Waals surface area contributed by atoms with E-state index in [1.165, 1.54) is 12.1 Å². The summed E-state index contributed by atoms with van der Waals surface area (Å²) in [6, 6.07) is 13.9. The molecule has 2 aromatic rings. The van der Waals surface area contributed by atoms with Gasteiger partial charge in [0.25, 0.3) is 5.91 Å². The first-order chi connectivity index (χ1) is 13.4. The van der Waals surface area contributed by atoms with Gasteiger partial charge in [0.2, 0.25) is 5.91 Å². The van der Waals surface area contributed by atoms with Crippen molar-refractivity contribution in [3.8, 4) is 0 Å². The standard InChI is InChI=1S/C20H20BBrN2O4/c22-18-8-1-15(2-9-18)3-10-19(25)23-11-13-24(14-12-23)20(26)16-4-6-17(7-5-16)21(27)28/h1-10,27-28H,11-14H2. The number of rotatable bonds is 4. The molecule has 6 nitrogen and oxygen atoms in total. The maximum Gasteiger partial charge on any atom is 0.488 e. The van der Waals surface area contributed by atoms with Crippen LogP contribution in [0.25, 0.3) is 6.08 Å². The van der Waals surface area contributed by atoms with Crippen molar-refractivity contribution >= 4 is 46.4 Å². The predicted octanol–water partition coefficient (Wildman–Crippen LogP) is 1.13. The molecule has 1 aliphatic heterocycles. The second kappa shape index (κ2) is 9.19.